The molecule has 0 spiro atoms. The van der Waals surface area contributed by atoms with Crippen molar-refractivity contribution >= 4 is 11.3 Å². The van der Waals surface area contributed by atoms with Crippen LogP contribution in [-0.4, -0.2) is 38.0 Å². The summed E-state index contributed by atoms with van der Waals surface area (Å²) in [6.07, 6.45) is 6.41. The van der Waals surface area contributed by atoms with E-state index in [1.165, 1.54) is 17.7 Å². The Hall–Kier alpha value is -1.31. The Morgan fingerprint density at radius 2 is 2.19 bits per heavy atom. The minimum absolute atomic E-state index is 0.465. The lowest BCUT2D eigenvalue weighted by Gasteiger charge is -2.31. The zero-order valence-electron chi connectivity index (χ0n) is 12.4. The van der Waals surface area contributed by atoms with E-state index >= 15 is 0 Å². The van der Waals surface area contributed by atoms with Crippen molar-refractivity contribution in [1.29, 1.82) is 0 Å². The third-order valence-electron chi connectivity index (χ3n) is 4.00. The minimum Gasteiger partial charge on any atom is -0.325 e. The van der Waals surface area contributed by atoms with Gasteiger partial charge in [-0.1, -0.05) is 5.21 Å². The van der Waals surface area contributed by atoms with Crippen molar-refractivity contribution in [2.45, 2.75) is 39.4 Å². The Balaban J connectivity index is 1.46. The van der Waals surface area contributed by atoms with Crippen LogP contribution in [0.2, 0.25) is 0 Å². The molecule has 0 radical (unpaired) electrons. The lowest BCUT2D eigenvalue weighted by Crippen LogP contribution is -2.34. The molecule has 0 bridgehead atoms. The lowest BCUT2D eigenvalue weighted by atomic mass is 9.97. The van der Waals surface area contributed by atoms with Gasteiger partial charge in [0.2, 0.25) is 0 Å². The molecule has 0 amide bonds. The predicted octanol–water partition coefficient (Wildman–Crippen LogP) is 1.41. The Labute approximate surface area is 129 Å². The fourth-order valence-corrected chi connectivity index (χ4v) is 3.65. The lowest BCUT2D eigenvalue weighted by molar-refractivity contribution is 0.165. The molecule has 1 saturated heterocycles. The van der Waals surface area contributed by atoms with Crippen LogP contribution in [0.5, 0.6) is 0 Å². The summed E-state index contributed by atoms with van der Waals surface area (Å²) in [7, 11) is 0. The molecule has 7 heteroatoms. The second-order valence-electron chi connectivity index (χ2n) is 5.70. The maximum absolute atomic E-state index is 5.56. The van der Waals surface area contributed by atoms with E-state index in [1.54, 1.807) is 11.3 Å². The second-order valence-corrected chi connectivity index (χ2v) is 7.02. The molecule has 0 saturated carbocycles. The standard InChI is InChI=1S/C14H22N6S/c1-11-16-7-14(21-11)10-19-4-2-12(3-5-19)8-20-9-13(6-15)17-18-20/h7,9,12H,2-6,8,10,15H2,1H3. The normalized spacial score (nSPS) is 17.4. The van der Waals surface area contributed by atoms with Crippen molar-refractivity contribution in [3.05, 3.63) is 28.0 Å². The topological polar surface area (TPSA) is 72.9 Å². The van der Waals surface area contributed by atoms with Crippen LogP contribution in [0.1, 0.15) is 28.4 Å². The summed E-state index contributed by atoms with van der Waals surface area (Å²) in [6.45, 7) is 6.83. The number of aromatic nitrogens is 4. The number of nitrogens with two attached hydrogens (primary N) is 1. The molecule has 1 aliphatic heterocycles. The number of aryl methyl sites for hydroxylation is 1. The van der Waals surface area contributed by atoms with Gasteiger partial charge in [-0.3, -0.25) is 9.58 Å². The molecule has 21 heavy (non-hydrogen) atoms. The molecular formula is C14H22N6S. The molecule has 3 heterocycles. The number of piperidine rings is 1. The molecular weight excluding hydrogens is 284 g/mol. The number of likely N-dealkylation sites (tertiary alicyclic amines) is 1. The summed E-state index contributed by atoms with van der Waals surface area (Å²) < 4.78 is 1.94. The molecule has 114 valence electrons. The molecule has 0 aromatic carbocycles. The SMILES string of the molecule is Cc1ncc(CN2CCC(Cn3cc(CN)nn3)CC2)s1. The number of nitrogens with zero attached hydrogens (tertiary/aromatic N) is 5. The smallest absolute Gasteiger partial charge is 0.0962 e. The third-order valence-corrected chi connectivity index (χ3v) is 4.89. The van der Waals surface area contributed by atoms with Crippen molar-refractivity contribution < 1.29 is 0 Å². The van der Waals surface area contributed by atoms with Gasteiger partial charge < -0.3 is 5.73 Å². The van der Waals surface area contributed by atoms with Gasteiger partial charge in [0.1, 0.15) is 0 Å². The van der Waals surface area contributed by atoms with Gasteiger partial charge in [0.25, 0.3) is 0 Å². The first-order valence-corrected chi connectivity index (χ1v) is 8.27. The minimum atomic E-state index is 0.465. The zero-order chi connectivity index (χ0) is 14.7. The van der Waals surface area contributed by atoms with E-state index in [9.17, 15) is 0 Å². The van der Waals surface area contributed by atoms with E-state index in [-0.39, 0.29) is 0 Å². The first-order valence-electron chi connectivity index (χ1n) is 7.45. The first-order chi connectivity index (χ1) is 10.2. The number of hydrogen-bond acceptors (Lipinski definition) is 6. The molecule has 6 nitrogen and oxygen atoms in total. The van der Waals surface area contributed by atoms with Crippen LogP contribution in [0, 0.1) is 12.8 Å². The Bertz CT molecular complexity index is 570. The van der Waals surface area contributed by atoms with Crippen molar-refractivity contribution in [1.82, 2.24) is 24.9 Å². The number of thiazole rings is 1. The van der Waals surface area contributed by atoms with Gasteiger partial charge in [-0.25, -0.2) is 4.98 Å². The van der Waals surface area contributed by atoms with Crippen molar-refractivity contribution in [2.24, 2.45) is 11.7 Å². The van der Waals surface area contributed by atoms with E-state index in [4.69, 9.17) is 5.73 Å². The highest BCUT2D eigenvalue weighted by atomic mass is 32.1. The monoisotopic (exact) mass is 306 g/mol. The second kappa shape index (κ2) is 6.64. The largest absolute Gasteiger partial charge is 0.325 e. The van der Waals surface area contributed by atoms with Gasteiger partial charge in [0, 0.05) is 36.9 Å². The fraction of sp³-hybridized carbons (Fsp3) is 0.643. The van der Waals surface area contributed by atoms with Gasteiger partial charge in [-0.15, -0.1) is 16.4 Å². The van der Waals surface area contributed by atoms with E-state index in [2.05, 4.69) is 27.1 Å². The molecule has 0 aliphatic carbocycles. The highest BCUT2D eigenvalue weighted by Gasteiger charge is 2.20. The average Bonchev–Trinajstić information content (AvgIpc) is 3.10. The van der Waals surface area contributed by atoms with Crippen LogP contribution in [0.25, 0.3) is 0 Å². The number of rotatable bonds is 5. The van der Waals surface area contributed by atoms with Gasteiger partial charge >= 0.3 is 0 Å². The molecule has 2 aromatic rings. The van der Waals surface area contributed by atoms with Gasteiger partial charge in [0.05, 0.1) is 10.7 Å². The van der Waals surface area contributed by atoms with Crippen molar-refractivity contribution in [3.8, 4) is 0 Å². The Kier molecular flexibility index (Phi) is 4.62. The van der Waals surface area contributed by atoms with Crippen molar-refractivity contribution in [2.75, 3.05) is 13.1 Å². The first kappa shape index (κ1) is 14.6. The van der Waals surface area contributed by atoms with Crippen LogP contribution in [0.3, 0.4) is 0 Å². The predicted molar refractivity (Wildman–Crippen MR) is 82.8 cm³/mol. The maximum Gasteiger partial charge on any atom is 0.0962 e. The van der Waals surface area contributed by atoms with Crippen LogP contribution in [0.4, 0.5) is 0 Å². The average molecular weight is 306 g/mol. The highest BCUT2D eigenvalue weighted by molar-refractivity contribution is 7.11. The molecule has 1 fully saturated rings. The van der Waals surface area contributed by atoms with Gasteiger partial charge in [0.15, 0.2) is 0 Å². The molecule has 1 aliphatic rings. The summed E-state index contributed by atoms with van der Waals surface area (Å²) >= 11 is 1.80. The summed E-state index contributed by atoms with van der Waals surface area (Å²) in [6, 6.07) is 0. The van der Waals surface area contributed by atoms with Gasteiger partial charge in [-0.05, 0) is 38.8 Å². The summed E-state index contributed by atoms with van der Waals surface area (Å²) in [5.74, 6) is 0.691. The highest BCUT2D eigenvalue weighted by Crippen LogP contribution is 2.22. The Morgan fingerprint density at radius 3 is 2.81 bits per heavy atom. The summed E-state index contributed by atoms with van der Waals surface area (Å²) in [5.41, 5.74) is 6.43. The van der Waals surface area contributed by atoms with Gasteiger partial charge in [-0.2, -0.15) is 0 Å². The van der Waals surface area contributed by atoms with E-state index < -0.39 is 0 Å². The molecule has 0 atom stereocenters. The van der Waals surface area contributed by atoms with Crippen LogP contribution < -0.4 is 5.73 Å². The van der Waals surface area contributed by atoms with Crippen LogP contribution in [0.15, 0.2) is 12.4 Å². The van der Waals surface area contributed by atoms with Crippen LogP contribution >= 0.6 is 11.3 Å². The molecule has 2 N–H and O–H groups in total. The number of hydrogen-bond donors (Lipinski definition) is 1. The zero-order valence-corrected chi connectivity index (χ0v) is 13.2. The molecule has 0 unspecified atom stereocenters. The maximum atomic E-state index is 5.56. The quantitative estimate of drug-likeness (QED) is 0.904. The van der Waals surface area contributed by atoms with Crippen LogP contribution in [-0.2, 0) is 19.6 Å². The molecule has 2 aromatic heterocycles. The van der Waals surface area contributed by atoms with E-state index in [1.807, 2.05) is 17.1 Å². The summed E-state index contributed by atoms with van der Waals surface area (Å²) in [5, 5.41) is 9.34. The summed E-state index contributed by atoms with van der Waals surface area (Å²) in [4.78, 5) is 8.22. The third kappa shape index (κ3) is 3.87. The van der Waals surface area contributed by atoms with Crippen molar-refractivity contribution in [3.63, 3.8) is 0 Å². The van der Waals surface area contributed by atoms with E-state index in [0.717, 1.165) is 36.9 Å². The molecule has 3 rings (SSSR count). The fourth-order valence-electron chi connectivity index (χ4n) is 2.81. The van der Waals surface area contributed by atoms with E-state index in [0.29, 0.717) is 12.5 Å². The Morgan fingerprint density at radius 1 is 1.38 bits per heavy atom.